The van der Waals surface area contributed by atoms with Crippen molar-refractivity contribution in [2.45, 2.75) is 57.5 Å². The molecule has 130 valence electrons. The Hall–Kier alpha value is -2.75. The van der Waals surface area contributed by atoms with Crippen molar-refractivity contribution in [2.24, 2.45) is 0 Å². The first-order chi connectivity index (χ1) is 12.1. The Morgan fingerprint density at radius 1 is 1.28 bits per heavy atom. The molecule has 0 radical (unpaired) electrons. The summed E-state index contributed by atoms with van der Waals surface area (Å²) in [6, 6.07) is 10.2. The van der Waals surface area contributed by atoms with E-state index in [9.17, 15) is 10.1 Å². The summed E-state index contributed by atoms with van der Waals surface area (Å²) in [7, 11) is 0. The van der Waals surface area contributed by atoms with E-state index in [1.807, 2.05) is 24.3 Å². The van der Waals surface area contributed by atoms with Crippen molar-refractivity contribution in [1.82, 2.24) is 25.5 Å². The summed E-state index contributed by atoms with van der Waals surface area (Å²) >= 11 is 0. The Morgan fingerprint density at radius 3 is 2.64 bits per heavy atom. The molecule has 1 aromatic heterocycles. The quantitative estimate of drug-likeness (QED) is 0.902. The van der Waals surface area contributed by atoms with E-state index in [0.29, 0.717) is 18.7 Å². The maximum atomic E-state index is 12.3. The van der Waals surface area contributed by atoms with Gasteiger partial charge in [0.25, 0.3) is 0 Å². The Balaban J connectivity index is 1.64. The number of hydrogen-bond donors (Lipinski definition) is 1. The summed E-state index contributed by atoms with van der Waals surface area (Å²) < 4.78 is 0. The maximum absolute atomic E-state index is 12.3. The molecule has 25 heavy (non-hydrogen) atoms. The Bertz CT molecular complexity index is 768. The number of nitrogens with one attached hydrogen (secondary N) is 1. The standard InChI is InChI=1S/C18H22N6O/c1-2-14-6-8-15(9-7-14)17-21-23-24(22-17)12-16(25)20-18(13-19)10-4-3-5-11-18/h6-9H,2-5,10-12H2,1H3,(H,20,25). The maximum Gasteiger partial charge on any atom is 0.244 e. The van der Waals surface area contributed by atoms with Gasteiger partial charge in [-0.15, -0.1) is 10.2 Å². The number of tetrazole rings is 1. The first-order valence-electron chi connectivity index (χ1n) is 8.73. The van der Waals surface area contributed by atoms with E-state index in [0.717, 1.165) is 31.2 Å². The van der Waals surface area contributed by atoms with Crippen molar-refractivity contribution in [2.75, 3.05) is 0 Å². The molecule has 0 saturated heterocycles. The molecule has 7 heteroatoms. The average Bonchev–Trinajstić information content (AvgIpc) is 3.10. The summed E-state index contributed by atoms with van der Waals surface area (Å²) in [5.41, 5.74) is 1.36. The lowest BCUT2D eigenvalue weighted by atomic mass is 9.83. The van der Waals surface area contributed by atoms with Gasteiger partial charge in [-0.05, 0) is 30.0 Å². The zero-order valence-electron chi connectivity index (χ0n) is 14.4. The zero-order chi connectivity index (χ0) is 17.7. The fraction of sp³-hybridized carbons (Fsp3) is 0.500. The largest absolute Gasteiger partial charge is 0.336 e. The van der Waals surface area contributed by atoms with Crippen LogP contribution >= 0.6 is 0 Å². The third-order valence-electron chi connectivity index (χ3n) is 4.66. The van der Waals surface area contributed by atoms with Crippen molar-refractivity contribution in [1.29, 1.82) is 5.26 Å². The van der Waals surface area contributed by atoms with Crippen molar-refractivity contribution >= 4 is 5.91 Å². The lowest BCUT2D eigenvalue weighted by Crippen LogP contribution is -2.49. The summed E-state index contributed by atoms with van der Waals surface area (Å²) in [6.45, 7) is 2.06. The molecule has 0 atom stereocenters. The monoisotopic (exact) mass is 338 g/mol. The fourth-order valence-electron chi connectivity index (χ4n) is 3.17. The van der Waals surface area contributed by atoms with Gasteiger partial charge in [-0.2, -0.15) is 10.1 Å². The molecule has 3 rings (SSSR count). The second-order valence-corrected chi connectivity index (χ2v) is 6.50. The Morgan fingerprint density at radius 2 is 2.00 bits per heavy atom. The molecule has 1 N–H and O–H groups in total. The molecule has 1 amide bonds. The van der Waals surface area contributed by atoms with Gasteiger partial charge in [0.15, 0.2) is 0 Å². The van der Waals surface area contributed by atoms with Crippen LogP contribution in [0.25, 0.3) is 11.4 Å². The van der Waals surface area contributed by atoms with Crippen LogP contribution in [0.3, 0.4) is 0 Å². The molecule has 0 unspecified atom stereocenters. The fourth-order valence-corrected chi connectivity index (χ4v) is 3.17. The predicted octanol–water partition coefficient (Wildman–Crippen LogP) is 2.25. The third-order valence-corrected chi connectivity index (χ3v) is 4.66. The van der Waals surface area contributed by atoms with E-state index in [-0.39, 0.29) is 12.5 Å². The van der Waals surface area contributed by atoms with E-state index in [1.54, 1.807) is 0 Å². The number of rotatable bonds is 5. The van der Waals surface area contributed by atoms with Gasteiger partial charge in [-0.3, -0.25) is 4.79 Å². The van der Waals surface area contributed by atoms with Crippen molar-refractivity contribution < 1.29 is 4.79 Å². The van der Waals surface area contributed by atoms with E-state index < -0.39 is 5.54 Å². The van der Waals surface area contributed by atoms with Gasteiger partial charge in [-0.25, -0.2) is 0 Å². The summed E-state index contributed by atoms with van der Waals surface area (Å²) in [5.74, 6) is 0.233. The number of carbonyl (C=O) groups excluding carboxylic acids is 1. The molecule has 1 aromatic carbocycles. The van der Waals surface area contributed by atoms with Gasteiger partial charge in [-0.1, -0.05) is 50.5 Å². The Labute approximate surface area is 147 Å². The highest BCUT2D eigenvalue weighted by Crippen LogP contribution is 2.27. The van der Waals surface area contributed by atoms with E-state index in [1.165, 1.54) is 10.4 Å². The van der Waals surface area contributed by atoms with Crippen LogP contribution in [0.2, 0.25) is 0 Å². The van der Waals surface area contributed by atoms with Crippen LogP contribution in [-0.2, 0) is 17.8 Å². The van der Waals surface area contributed by atoms with E-state index in [4.69, 9.17) is 0 Å². The SMILES string of the molecule is CCc1ccc(-c2nnn(CC(=O)NC3(C#N)CCCCC3)n2)cc1. The number of benzene rings is 1. The molecule has 1 aliphatic carbocycles. The van der Waals surface area contributed by atoms with Gasteiger partial charge in [0.1, 0.15) is 12.1 Å². The van der Waals surface area contributed by atoms with Crippen LogP contribution in [0.1, 0.15) is 44.6 Å². The van der Waals surface area contributed by atoms with Crippen LogP contribution in [-0.4, -0.2) is 31.7 Å². The van der Waals surface area contributed by atoms with Crippen molar-refractivity contribution in [3.05, 3.63) is 29.8 Å². The van der Waals surface area contributed by atoms with Crippen LogP contribution < -0.4 is 5.32 Å². The number of amides is 1. The first kappa shape index (κ1) is 17.1. The smallest absolute Gasteiger partial charge is 0.244 e. The molecule has 0 bridgehead atoms. The van der Waals surface area contributed by atoms with E-state index >= 15 is 0 Å². The average molecular weight is 338 g/mol. The minimum absolute atomic E-state index is 0.0382. The number of aromatic nitrogens is 4. The molecule has 1 saturated carbocycles. The van der Waals surface area contributed by atoms with Crippen molar-refractivity contribution in [3.63, 3.8) is 0 Å². The zero-order valence-corrected chi connectivity index (χ0v) is 14.4. The number of nitrogens with zero attached hydrogens (tertiary/aromatic N) is 5. The first-order valence-corrected chi connectivity index (χ1v) is 8.73. The minimum Gasteiger partial charge on any atom is -0.336 e. The van der Waals surface area contributed by atoms with Crippen LogP contribution in [0.5, 0.6) is 0 Å². The topological polar surface area (TPSA) is 96.5 Å². The molecule has 1 aliphatic rings. The highest BCUT2D eigenvalue weighted by Gasteiger charge is 2.33. The molecule has 1 fully saturated rings. The van der Waals surface area contributed by atoms with Crippen LogP contribution in [0.15, 0.2) is 24.3 Å². The van der Waals surface area contributed by atoms with Gasteiger partial charge < -0.3 is 5.32 Å². The number of aryl methyl sites for hydroxylation is 1. The number of carbonyl (C=O) groups is 1. The highest BCUT2D eigenvalue weighted by atomic mass is 16.2. The molecule has 0 spiro atoms. The molecule has 7 nitrogen and oxygen atoms in total. The second-order valence-electron chi connectivity index (χ2n) is 6.50. The summed E-state index contributed by atoms with van der Waals surface area (Å²) in [5, 5.41) is 24.5. The number of hydrogen-bond acceptors (Lipinski definition) is 5. The highest BCUT2D eigenvalue weighted by molar-refractivity contribution is 5.77. The van der Waals surface area contributed by atoms with Gasteiger partial charge in [0.2, 0.25) is 11.7 Å². The minimum atomic E-state index is -0.741. The Kier molecular flexibility index (Phi) is 5.08. The van der Waals surface area contributed by atoms with Crippen LogP contribution in [0, 0.1) is 11.3 Å². The van der Waals surface area contributed by atoms with E-state index in [2.05, 4.69) is 33.7 Å². The third kappa shape index (κ3) is 4.02. The normalized spacial score (nSPS) is 16.2. The second kappa shape index (κ2) is 7.43. The predicted molar refractivity (Wildman–Crippen MR) is 92.2 cm³/mol. The van der Waals surface area contributed by atoms with Gasteiger partial charge in [0, 0.05) is 5.56 Å². The molecule has 0 aliphatic heterocycles. The van der Waals surface area contributed by atoms with Crippen molar-refractivity contribution in [3.8, 4) is 17.5 Å². The molecular formula is C18H22N6O. The molecular weight excluding hydrogens is 316 g/mol. The molecule has 1 heterocycles. The number of nitriles is 1. The lowest BCUT2D eigenvalue weighted by molar-refractivity contribution is -0.123. The summed E-state index contributed by atoms with van der Waals surface area (Å²) in [4.78, 5) is 13.6. The van der Waals surface area contributed by atoms with Crippen LogP contribution in [0.4, 0.5) is 0 Å². The lowest BCUT2D eigenvalue weighted by Gasteiger charge is -2.31. The van der Waals surface area contributed by atoms with Gasteiger partial charge >= 0.3 is 0 Å². The summed E-state index contributed by atoms with van der Waals surface area (Å²) in [6.07, 6.45) is 5.43. The molecule has 2 aromatic rings. The van der Waals surface area contributed by atoms with Gasteiger partial charge in [0.05, 0.1) is 6.07 Å².